The molecule has 6 nitrogen and oxygen atoms in total. The predicted octanol–water partition coefficient (Wildman–Crippen LogP) is 5.94. The summed E-state index contributed by atoms with van der Waals surface area (Å²) in [4.78, 5) is 11.4. The Kier molecular flexibility index (Phi) is 11.7. The minimum Gasteiger partial charge on any atom is -0.481 e. The highest BCUT2D eigenvalue weighted by molar-refractivity contribution is 6.74. The van der Waals surface area contributed by atoms with Crippen LogP contribution in [0.3, 0.4) is 0 Å². The zero-order chi connectivity index (χ0) is 27.1. The number of carboxylic acids is 1. The number of rotatable bonds is 11. The van der Waals surface area contributed by atoms with Crippen LogP contribution in [0.1, 0.15) is 86.0 Å². The number of hydrogen-bond acceptors (Lipinski definition) is 5. The first-order valence-electron chi connectivity index (χ1n) is 13.7. The van der Waals surface area contributed by atoms with E-state index in [1.54, 1.807) is 0 Å². The van der Waals surface area contributed by atoms with E-state index in [4.69, 9.17) is 20.3 Å². The van der Waals surface area contributed by atoms with Gasteiger partial charge in [0.2, 0.25) is 0 Å². The molecule has 2 aliphatic rings. The minimum absolute atomic E-state index is 0.0126. The third-order valence-electron chi connectivity index (χ3n) is 8.12. The van der Waals surface area contributed by atoms with Crippen LogP contribution in [0.5, 0.6) is 0 Å². The monoisotopic (exact) mass is 522 g/mol. The Hall–Kier alpha value is -1.17. The fourth-order valence-electron chi connectivity index (χ4n) is 4.97. The first kappa shape index (κ1) is 31.0. The molecule has 0 bridgehead atoms. The van der Waals surface area contributed by atoms with Crippen LogP contribution in [-0.2, 0) is 18.7 Å². The van der Waals surface area contributed by atoms with Crippen molar-refractivity contribution in [2.24, 2.45) is 11.8 Å². The molecule has 0 amide bonds. The first-order valence-corrected chi connectivity index (χ1v) is 16.6. The van der Waals surface area contributed by atoms with Gasteiger partial charge >= 0.3 is 5.97 Å². The zero-order valence-electron chi connectivity index (χ0n) is 23.5. The van der Waals surface area contributed by atoms with Crippen LogP contribution in [0.15, 0.2) is 12.2 Å². The van der Waals surface area contributed by atoms with Crippen molar-refractivity contribution in [2.45, 2.75) is 141 Å². The van der Waals surface area contributed by atoms with Crippen molar-refractivity contribution in [1.29, 1.82) is 0 Å². The van der Waals surface area contributed by atoms with E-state index in [-0.39, 0.29) is 47.9 Å². The number of ether oxygens (including phenoxy) is 2. The van der Waals surface area contributed by atoms with Gasteiger partial charge in [0.15, 0.2) is 8.32 Å². The quantitative estimate of drug-likeness (QED) is 0.198. The Morgan fingerprint density at radius 1 is 1.11 bits per heavy atom. The van der Waals surface area contributed by atoms with Gasteiger partial charge in [0.25, 0.3) is 0 Å². The highest BCUT2D eigenvalue weighted by Crippen LogP contribution is 2.40. The number of terminal acetylenes is 1. The van der Waals surface area contributed by atoms with Gasteiger partial charge in [-0.2, -0.15) is 0 Å². The molecule has 2 rings (SSSR count). The lowest BCUT2D eigenvalue weighted by Gasteiger charge is -2.44. The van der Waals surface area contributed by atoms with Gasteiger partial charge in [0.1, 0.15) is 6.10 Å². The number of carboxylic acid groups (broad SMARTS) is 1. The highest BCUT2D eigenvalue weighted by atomic mass is 28.4. The van der Waals surface area contributed by atoms with Crippen LogP contribution in [0.4, 0.5) is 0 Å². The van der Waals surface area contributed by atoms with Gasteiger partial charge in [-0.15, -0.1) is 6.42 Å². The summed E-state index contributed by atoms with van der Waals surface area (Å²) in [6.07, 6.45) is 15.0. The minimum atomic E-state index is -1.97. The standard InChI is InChI=1S/C29H50O6Si/c1-9-27(30)21(3)14-13-20(2)15-22-11-10-12-23(33-22)16-24-17-26(18-25(34-24)19-28(31)32)35-36(7,8)29(4,5)6/h1,13-14,20-27,30H,10-12,15-19H2,2-8H3,(H,31,32)/b14-13+/t20-,21+,22-,23+,24+,25+,26-,27+/m1/s1. The molecule has 0 aromatic heterocycles. The number of aliphatic hydroxyl groups excluding tert-OH is 1. The average Bonchev–Trinajstić information content (AvgIpc) is 2.75. The van der Waals surface area contributed by atoms with Gasteiger partial charge < -0.3 is 24.1 Å². The highest BCUT2D eigenvalue weighted by Gasteiger charge is 2.42. The maximum Gasteiger partial charge on any atom is 0.305 e. The summed E-state index contributed by atoms with van der Waals surface area (Å²) in [6, 6.07) is 0. The summed E-state index contributed by atoms with van der Waals surface area (Å²) in [6.45, 7) is 15.3. The van der Waals surface area contributed by atoms with Crippen LogP contribution < -0.4 is 0 Å². The average molecular weight is 523 g/mol. The Morgan fingerprint density at radius 3 is 2.33 bits per heavy atom. The third kappa shape index (κ3) is 9.94. The summed E-state index contributed by atoms with van der Waals surface area (Å²) in [5.74, 6) is 1.81. The van der Waals surface area contributed by atoms with E-state index in [1.165, 1.54) is 0 Å². The molecule has 2 fully saturated rings. The Labute approximate surface area is 220 Å². The van der Waals surface area contributed by atoms with E-state index in [0.29, 0.717) is 12.3 Å². The van der Waals surface area contributed by atoms with Gasteiger partial charge in [-0.3, -0.25) is 4.79 Å². The second-order valence-corrected chi connectivity index (χ2v) is 17.3. The summed E-state index contributed by atoms with van der Waals surface area (Å²) in [7, 11) is -1.97. The van der Waals surface area contributed by atoms with Gasteiger partial charge in [-0.1, -0.05) is 52.7 Å². The molecule has 0 saturated carbocycles. The molecule has 0 radical (unpaired) electrons. The molecule has 2 saturated heterocycles. The number of aliphatic carboxylic acids is 1. The molecule has 0 aromatic rings. The third-order valence-corrected chi connectivity index (χ3v) is 12.7. The molecule has 7 heteroatoms. The van der Waals surface area contributed by atoms with Crippen LogP contribution in [0.25, 0.3) is 0 Å². The zero-order valence-corrected chi connectivity index (χ0v) is 24.5. The lowest BCUT2D eigenvalue weighted by molar-refractivity contribution is -0.151. The van der Waals surface area contributed by atoms with Gasteiger partial charge in [-0.25, -0.2) is 0 Å². The SMILES string of the molecule is C#C[C@H](O)[C@@H](C)/C=C/[C@@H](C)C[C@H]1CCC[C@@H](C[C@H]2C[C@@H](O[Si](C)(C)C(C)(C)C)C[C@@H](CC(=O)O)O2)O1. The second-order valence-electron chi connectivity index (χ2n) is 12.6. The van der Waals surface area contributed by atoms with Crippen molar-refractivity contribution < 1.29 is 28.9 Å². The lowest BCUT2D eigenvalue weighted by atomic mass is 9.91. The topological polar surface area (TPSA) is 85.2 Å². The maximum atomic E-state index is 11.4. The summed E-state index contributed by atoms with van der Waals surface area (Å²) >= 11 is 0. The van der Waals surface area contributed by atoms with E-state index in [2.05, 4.69) is 52.8 Å². The van der Waals surface area contributed by atoms with Crippen LogP contribution in [0, 0.1) is 24.2 Å². The summed E-state index contributed by atoms with van der Waals surface area (Å²) in [5.41, 5.74) is 0. The summed E-state index contributed by atoms with van der Waals surface area (Å²) in [5, 5.41) is 19.3. The number of aliphatic hydroxyl groups is 1. The van der Waals surface area contributed by atoms with Crippen molar-refractivity contribution in [3.8, 4) is 12.3 Å². The lowest BCUT2D eigenvalue weighted by Crippen LogP contribution is -2.48. The fraction of sp³-hybridized carbons (Fsp3) is 0.828. The molecule has 0 aromatic carbocycles. The van der Waals surface area contributed by atoms with E-state index < -0.39 is 20.4 Å². The second kappa shape index (κ2) is 13.6. The van der Waals surface area contributed by atoms with Gasteiger partial charge in [0.05, 0.1) is 30.8 Å². The molecule has 206 valence electrons. The number of carbonyl (C=O) groups is 1. The van der Waals surface area contributed by atoms with Crippen LogP contribution >= 0.6 is 0 Å². The molecular weight excluding hydrogens is 472 g/mol. The van der Waals surface area contributed by atoms with E-state index in [0.717, 1.165) is 38.5 Å². The largest absolute Gasteiger partial charge is 0.481 e. The molecule has 0 spiro atoms. The summed E-state index contributed by atoms with van der Waals surface area (Å²) < 4.78 is 19.5. The van der Waals surface area contributed by atoms with Crippen molar-refractivity contribution in [3.05, 3.63) is 12.2 Å². The van der Waals surface area contributed by atoms with E-state index in [1.807, 2.05) is 13.0 Å². The Morgan fingerprint density at radius 2 is 1.72 bits per heavy atom. The van der Waals surface area contributed by atoms with Crippen molar-refractivity contribution in [3.63, 3.8) is 0 Å². The molecule has 2 N–H and O–H groups in total. The molecule has 36 heavy (non-hydrogen) atoms. The fourth-order valence-corrected chi connectivity index (χ4v) is 6.35. The number of allylic oxidation sites excluding steroid dienone is 1. The normalized spacial score (nSPS) is 30.5. The Bertz CT molecular complexity index is 767. The number of hydrogen-bond donors (Lipinski definition) is 2. The smallest absolute Gasteiger partial charge is 0.305 e. The van der Waals surface area contributed by atoms with Crippen molar-refractivity contribution >= 4 is 14.3 Å². The molecule has 2 heterocycles. The predicted molar refractivity (Wildman–Crippen MR) is 146 cm³/mol. The van der Waals surface area contributed by atoms with Gasteiger partial charge in [0, 0.05) is 12.0 Å². The van der Waals surface area contributed by atoms with E-state index >= 15 is 0 Å². The molecule has 2 aliphatic heterocycles. The maximum absolute atomic E-state index is 11.4. The molecule has 8 atom stereocenters. The van der Waals surface area contributed by atoms with Crippen molar-refractivity contribution in [2.75, 3.05) is 0 Å². The van der Waals surface area contributed by atoms with Crippen molar-refractivity contribution in [1.82, 2.24) is 0 Å². The van der Waals surface area contributed by atoms with Gasteiger partial charge in [-0.05, 0) is 69.0 Å². The molecular formula is C29H50O6Si. The molecule has 0 aliphatic carbocycles. The van der Waals surface area contributed by atoms with E-state index in [9.17, 15) is 15.0 Å². The van der Waals surface area contributed by atoms with Crippen LogP contribution in [-0.4, -0.2) is 61.1 Å². The first-order chi connectivity index (χ1) is 16.7. The molecule has 0 unspecified atom stereocenters. The Balaban J connectivity index is 1.96. The van der Waals surface area contributed by atoms with Crippen LogP contribution in [0.2, 0.25) is 18.1 Å².